The summed E-state index contributed by atoms with van der Waals surface area (Å²) in [5, 5.41) is 0. The van der Waals surface area contributed by atoms with E-state index >= 15 is 0 Å². The highest BCUT2D eigenvalue weighted by Gasteiger charge is 2.37. The van der Waals surface area contributed by atoms with Crippen LogP contribution in [-0.2, 0) is 15.7 Å². The van der Waals surface area contributed by atoms with Crippen molar-refractivity contribution in [1.82, 2.24) is 0 Å². The number of nitrogens with two attached hydrogens (primary N) is 1. The smallest absolute Gasteiger partial charge is 0.416 e. The molecule has 0 spiro atoms. The van der Waals surface area contributed by atoms with E-state index in [4.69, 9.17) is 5.73 Å². The first kappa shape index (κ1) is 18.7. The zero-order valence-electron chi connectivity index (χ0n) is 11.3. The van der Waals surface area contributed by atoms with Crippen molar-refractivity contribution in [1.29, 1.82) is 0 Å². The summed E-state index contributed by atoms with van der Waals surface area (Å²) in [5.74, 6) is -0.514. The predicted molar refractivity (Wildman–Crippen MR) is 71.4 cm³/mol. The zero-order valence-corrected chi connectivity index (χ0v) is 12.1. The van der Waals surface area contributed by atoms with Crippen molar-refractivity contribution in [3.05, 3.63) is 35.4 Å². The van der Waals surface area contributed by atoms with Crippen molar-refractivity contribution in [2.45, 2.75) is 26.1 Å². The second-order valence-electron chi connectivity index (χ2n) is 4.81. The van der Waals surface area contributed by atoms with Crippen molar-refractivity contribution < 1.29 is 22.7 Å². The lowest BCUT2D eigenvalue weighted by atomic mass is 9.81. The quantitative estimate of drug-likeness (QED) is 0.871. The van der Waals surface area contributed by atoms with Gasteiger partial charge in [0.15, 0.2) is 0 Å². The molecule has 2 N–H and O–H groups in total. The lowest BCUT2D eigenvalue weighted by Gasteiger charge is -2.29. The number of halogens is 4. The topological polar surface area (TPSA) is 52.3 Å². The molecule has 0 heterocycles. The van der Waals surface area contributed by atoms with Crippen LogP contribution in [-0.4, -0.2) is 13.1 Å². The SMILES string of the molecule is COC(=O)C(C)(C)[C@@H](N)c1ccc(C(F)(F)F)cc1.Cl. The van der Waals surface area contributed by atoms with Crippen molar-refractivity contribution in [2.75, 3.05) is 7.11 Å². The van der Waals surface area contributed by atoms with Gasteiger partial charge in [-0.25, -0.2) is 0 Å². The Balaban J connectivity index is 0.00000361. The Kier molecular flexibility index (Phi) is 6.04. The highest BCUT2D eigenvalue weighted by Crippen LogP contribution is 2.34. The maximum Gasteiger partial charge on any atom is 0.416 e. The number of ether oxygens (including phenoxy) is 1. The molecule has 0 aliphatic heterocycles. The fraction of sp³-hybridized carbons (Fsp3) is 0.462. The van der Waals surface area contributed by atoms with Crippen LogP contribution in [0.25, 0.3) is 0 Å². The summed E-state index contributed by atoms with van der Waals surface area (Å²) in [5.41, 5.74) is 4.60. The van der Waals surface area contributed by atoms with Crippen molar-refractivity contribution in [3.8, 4) is 0 Å². The summed E-state index contributed by atoms with van der Waals surface area (Å²) in [6.07, 6.45) is -4.39. The molecule has 0 aliphatic rings. The molecule has 0 radical (unpaired) electrons. The first-order chi connectivity index (χ1) is 8.60. The van der Waals surface area contributed by atoms with Crippen molar-refractivity contribution in [3.63, 3.8) is 0 Å². The van der Waals surface area contributed by atoms with Gasteiger partial charge in [0, 0.05) is 6.04 Å². The second-order valence-corrected chi connectivity index (χ2v) is 4.81. The summed E-state index contributed by atoms with van der Waals surface area (Å²) in [4.78, 5) is 11.6. The molecule has 3 nitrogen and oxygen atoms in total. The van der Waals surface area contributed by atoms with E-state index in [9.17, 15) is 18.0 Å². The number of rotatable bonds is 3. The lowest BCUT2D eigenvalue weighted by Crippen LogP contribution is -2.37. The monoisotopic (exact) mass is 311 g/mol. The zero-order chi connectivity index (χ0) is 14.8. The summed E-state index contributed by atoms with van der Waals surface area (Å²) in [7, 11) is 1.24. The molecule has 114 valence electrons. The standard InChI is InChI=1S/C13H16F3NO2.ClH/c1-12(2,11(18)19-3)10(17)8-4-6-9(7-5-8)13(14,15)16;/h4-7,10H,17H2,1-3H3;1H/t10-;/m0./s1. The fourth-order valence-electron chi connectivity index (χ4n) is 1.69. The van der Waals surface area contributed by atoms with Gasteiger partial charge >= 0.3 is 12.1 Å². The van der Waals surface area contributed by atoms with Crippen molar-refractivity contribution in [2.24, 2.45) is 11.1 Å². The molecule has 0 unspecified atom stereocenters. The molecule has 0 aliphatic carbocycles. The third-order valence-corrected chi connectivity index (χ3v) is 3.09. The molecular weight excluding hydrogens is 295 g/mol. The van der Waals surface area contributed by atoms with Crippen LogP contribution >= 0.6 is 12.4 Å². The van der Waals surface area contributed by atoms with E-state index in [-0.39, 0.29) is 12.4 Å². The number of carbonyl (C=O) groups is 1. The first-order valence-corrected chi connectivity index (χ1v) is 5.62. The third-order valence-electron chi connectivity index (χ3n) is 3.09. The number of hydrogen-bond donors (Lipinski definition) is 1. The number of hydrogen-bond acceptors (Lipinski definition) is 3. The maximum atomic E-state index is 12.4. The molecule has 20 heavy (non-hydrogen) atoms. The summed E-state index contributed by atoms with van der Waals surface area (Å²) in [6, 6.07) is 3.70. The van der Waals surface area contributed by atoms with E-state index < -0.39 is 29.2 Å². The molecular formula is C13H17ClF3NO2. The van der Waals surface area contributed by atoms with Crippen LogP contribution < -0.4 is 5.73 Å². The van der Waals surface area contributed by atoms with Gasteiger partial charge in [0.2, 0.25) is 0 Å². The van der Waals surface area contributed by atoms with E-state index in [1.165, 1.54) is 19.2 Å². The number of esters is 1. The number of alkyl halides is 3. The molecule has 1 atom stereocenters. The lowest BCUT2D eigenvalue weighted by molar-refractivity contribution is -0.152. The minimum atomic E-state index is -4.39. The average molecular weight is 312 g/mol. The average Bonchev–Trinajstić information content (AvgIpc) is 2.35. The Labute approximate surface area is 121 Å². The Bertz CT molecular complexity index is 458. The molecule has 0 saturated carbocycles. The Morgan fingerprint density at radius 1 is 1.20 bits per heavy atom. The minimum absolute atomic E-state index is 0. The predicted octanol–water partition coefficient (Wildman–Crippen LogP) is 3.33. The van der Waals surface area contributed by atoms with E-state index in [1.807, 2.05) is 0 Å². The van der Waals surface area contributed by atoms with Crippen LogP contribution in [0.15, 0.2) is 24.3 Å². The summed E-state index contributed by atoms with van der Waals surface area (Å²) in [6.45, 7) is 3.17. The third kappa shape index (κ3) is 3.86. The van der Waals surface area contributed by atoms with Gasteiger partial charge in [-0.2, -0.15) is 13.2 Å². The summed E-state index contributed by atoms with van der Waals surface area (Å²) < 4.78 is 41.9. The molecule has 1 aromatic rings. The summed E-state index contributed by atoms with van der Waals surface area (Å²) >= 11 is 0. The normalized spacial score (nSPS) is 13.3. The molecule has 0 amide bonds. The van der Waals surface area contributed by atoms with Gasteiger partial charge in [0.05, 0.1) is 18.1 Å². The van der Waals surface area contributed by atoms with Gasteiger partial charge in [-0.15, -0.1) is 12.4 Å². The fourth-order valence-corrected chi connectivity index (χ4v) is 1.69. The minimum Gasteiger partial charge on any atom is -0.469 e. The van der Waals surface area contributed by atoms with E-state index in [0.717, 1.165) is 12.1 Å². The number of benzene rings is 1. The molecule has 7 heteroatoms. The van der Waals surface area contributed by atoms with Crippen molar-refractivity contribution >= 4 is 18.4 Å². The van der Waals surface area contributed by atoms with Crippen LogP contribution in [0.4, 0.5) is 13.2 Å². The maximum absolute atomic E-state index is 12.4. The highest BCUT2D eigenvalue weighted by molar-refractivity contribution is 5.85. The molecule has 0 aromatic heterocycles. The van der Waals surface area contributed by atoms with Gasteiger partial charge in [0.1, 0.15) is 0 Å². The largest absolute Gasteiger partial charge is 0.469 e. The Morgan fingerprint density at radius 3 is 2.00 bits per heavy atom. The van der Waals surface area contributed by atoms with Crippen LogP contribution in [0.1, 0.15) is 31.0 Å². The van der Waals surface area contributed by atoms with Crippen LogP contribution in [0, 0.1) is 5.41 Å². The van der Waals surface area contributed by atoms with Gasteiger partial charge < -0.3 is 10.5 Å². The van der Waals surface area contributed by atoms with E-state index in [1.54, 1.807) is 13.8 Å². The highest BCUT2D eigenvalue weighted by atomic mass is 35.5. The van der Waals surface area contributed by atoms with Gasteiger partial charge in [-0.1, -0.05) is 12.1 Å². The van der Waals surface area contributed by atoms with Gasteiger partial charge in [-0.3, -0.25) is 4.79 Å². The van der Waals surface area contributed by atoms with Gasteiger partial charge in [-0.05, 0) is 31.5 Å². The van der Waals surface area contributed by atoms with E-state index in [0.29, 0.717) is 5.56 Å². The molecule has 1 rings (SSSR count). The Hall–Kier alpha value is -1.27. The van der Waals surface area contributed by atoms with E-state index in [2.05, 4.69) is 4.74 Å². The second kappa shape index (κ2) is 6.45. The van der Waals surface area contributed by atoms with Crippen LogP contribution in [0.3, 0.4) is 0 Å². The molecule has 0 bridgehead atoms. The molecule has 0 fully saturated rings. The molecule has 0 saturated heterocycles. The van der Waals surface area contributed by atoms with Gasteiger partial charge in [0.25, 0.3) is 0 Å². The number of methoxy groups -OCH3 is 1. The van der Waals surface area contributed by atoms with Crippen LogP contribution in [0.5, 0.6) is 0 Å². The molecule has 1 aromatic carbocycles. The van der Waals surface area contributed by atoms with Crippen LogP contribution in [0.2, 0.25) is 0 Å². The first-order valence-electron chi connectivity index (χ1n) is 5.62. The number of carbonyl (C=O) groups excluding carboxylic acids is 1. The Morgan fingerprint density at radius 2 is 1.65 bits per heavy atom.